The van der Waals surface area contributed by atoms with Gasteiger partial charge in [-0.1, -0.05) is 0 Å². The van der Waals surface area contributed by atoms with E-state index in [1.54, 1.807) is 0 Å². The van der Waals surface area contributed by atoms with Crippen LogP contribution in [0.4, 0.5) is 0 Å². The Morgan fingerprint density at radius 3 is 2.86 bits per heavy atom. The molecule has 0 heterocycles. The molecule has 0 aliphatic carbocycles. The second-order valence-corrected chi connectivity index (χ2v) is 1.07. The quantitative estimate of drug-likeness (QED) is 0.234. The van der Waals surface area contributed by atoms with E-state index >= 15 is 0 Å². The molecule has 4 heteroatoms. The molecule has 0 saturated carbocycles. The van der Waals surface area contributed by atoms with Gasteiger partial charge in [0.25, 0.3) is 0 Å². The highest BCUT2D eigenvalue weighted by Crippen LogP contribution is 1.56. The third kappa shape index (κ3) is 5.84. The largest absolute Gasteiger partial charge is 0.317 e. The van der Waals surface area contributed by atoms with Gasteiger partial charge >= 0.3 is 0 Å². The molecule has 0 amide bonds. The van der Waals surface area contributed by atoms with E-state index < -0.39 is 0 Å². The average Bonchev–Trinajstić information content (AvgIpc) is 1.69. The fourth-order valence-electron chi connectivity index (χ4n) is 0.212. The number of likely N-dealkylation sites (N-methyl/N-ethyl adjacent to an activating group) is 1. The summed E-state index contributed by atoms with van der Waals surface area (Å²) >= 11 is 0. The summed E-state index contributed by atoms with van der Waals surface area (Å²) in [5.74, 6) is 4.77. The van der Waals surface area contributed by atoms with Crippen molar-refractivity contribution in [2.75, 3.05) is 20.2 Å². The van der Waals surface area contributed by atoms with Crippen LogP contribution in [-0.4, -0.2) is 20.2 Å². The molecule has 0 unspecified atom stereocenters. The van der Waals surface area contributed by atoms with Crippen molar-refractivity contribution >= 4 is 0 Å². The molecule has 4 nitrogen and oxygen atoms in total. The van der Waals surface area contributed by atoms with E-state index in [4.69, 9.17) is 5.84 Å². The van der Waals surface area contributed by atoms with Crippen molar-refractivity contribution in [1.29, 1.82) is 0 Å². The van der Waals surface area contributed by atoms with Crippen LogP contribution in [0.5, 0.6) is 0 Å². The number of hydrogen-bond donors (Lipinski definition) is 3. The molecule has 7 heavy (non-hydrogen) atoms. The summed E-state index contributed by atoms with van der Waals surface area (Å²) in [5, 5.41) is 2.88. The number of nitrogens with one attached hydrogen (secondary N) is 2. The Kier molecular flexibility index (Phi) is 5.71. The van der Waals surface area contributed by atoms with Gasteiger partial charge in [0.1, 0.15) is 0 Å². The van der Waals surface area contributed by atoms with Gasteiger partial charge < -0.3 is 5.32 Å². The molecule has 0 aromatic carbocycles. The van der Waals surface area contributed by atoms with E-state index in [9.17, 15) is 0 Å². The summed E-state index contributed by atoms with van der Waals surface area (Å²) in [6.45, 7) is 1.40. The molecule has 0 radical (unpaired) electrons. The molecule has 0 bridgehead atoms. The maximum atomic E-state index is 4.77. The van der Waals surface area contributed by atoms with Crippen molar-refractivity contribution in [2.45, 2.75) is 0 Å². The molecule has 44 valence electrons. The Hall–Kier alpha value is -0.160. The smallest absolute Gasteiger partial charge is 0.0822 e. The zero-order chi connectivity index (χ0) is 5.54. The lowest BCUT2D eigenvalue weighted by molar-refractivity contribution is 0.0441. The third-order valence-corrected chi connectivity index (χ3v) is 0.537. The molecular weight excluding hydrogens is 94.1 g/mol. The molecule has 0 saturated heterocycles. The topological polar surface area (TPSA) is 59.3 Å². The first-order valence-electron chi connectivity index (χ1n) is 2.14. The highest BCUT2D eigenvalue weighted by atomic mass is 16.7. The minimum absolute atomic E-state index is 0.590. The van der Waals surface area contributed by atoms with Gasteiger partial charge in [-0.3, -0.25) is 4.84 Å². The van der Waals surface area contributed by atoms with Crippen LogP contribution >= 0.6 is 0 Å². The van der Waals surface area contributed by atoms with E-state index in [-0.39, 0.29) is 0 Å². The average molecular weight is 105 g/mol. The lowest BCUT2D eigenvalue weighted by Crippen LogP contribution is -2.26. The molecule has 0 aliphatic rings. The standard InChI is InChI=1S/C3H11N3O/c1-5-2-3-7-6-4/h5-6H,2-4H2,1H3. The number of hydrogen-bond acceptors (Lipinski definition) is 4. The van der Waals surface area contributed by atoms with Crippen molar-refractivity contribution in [2.24, 2.45) is 5.84 Å². The summed E-state index contributed by atoms with van der Waals surface area (Å²) in [5.41, 5.74) is 2.06. The predicted molar refractivity (Wildman–Crippen MR) is 27.2 cm³/mol. The van der Waals surface area contributed by atoms with Crippen LogP contribution in [0, 0.1) is 0 Å². The van der Waals surface area contributed by atoms with Gasteiger partial charge in [-0.2, -0.15) is 0 Å². The van der Waals surface area contributed by atoms with Gasteiger partial charge in [-0.15, -0.1) is 5.59 Å². The summed E-state index contributed by atoms with van der Waals surface area (Å²) < 4.78 is 0. The summed E-state index contributed by atoms with van der Waals surface area (Å²) in [4.78, 5) is 4.54. The molecule has 0 rings (SSSR count). The lowest BCUT2D eigenvalue weighted by atomic mass is 10.7. The van der Waals surface area contributed by atoms with E-state index in [0.29, 0.717) is 6.61 Å². The minimum atomic E-state index is 0.590. The Morgan fingerprint density at radius 2 is 2.43 bits per heavy atom. The van der Waals surface area contributed by atoms with Gasteiger partial charge in [0.05, 0.1) is 6.61 Å². The molecule has 0 aliphatic heterocycles. The van der Waals surface area contributed by atoms with Crippen LogP contribution < -0.4 is 16.7 Å². The fraction of sp³-hybridized carbons (Fsp3) is 1.00. The van der Waals surface area contributed by atoms with Gasteiger partial charge in [-0.25, -0.2) is 5.84 Å². The van der Waals surface area contributed by atoms with Gasteiger partial charge in [0, 0.05) is 6.54 Å². The normalized spacial score (nSPS) is 9.43. The molecule has 0 atom stereocenters. The number of nitrogens with two attached hydrogens (primary N) is 1. The van der Waals surface area contributed by atoms with Crippen LogP contribution in [0.15, 0.2) is 0 Å². The molecule has 0 spiro atoms. The Labute approximate surface area is 42.9 Å². The van der Waals surface area contributed by atoms with Crippen molar-refractivity contribution in [1.82, 2.24) is 10.9 Å². The maximum absolute atomic E-state index is 4.77. The van der Waals surface area contributed by atoms with E-state index in [0.717, 1.165) is 6.54 Å². The number of rotatable bonds is 4. The molecule has 4 N–H and O–H groups in total. The zero-order valence-electron chi connectivity index (χ0n) is 4.40. The minimum Gasteiger partial charge on any atom is -0.317 e. The Bertz CT molecular complexity index is 29.4. The predicted octanol–water partition coefficient (Wildman–Crippen LogP) is -1.40. The monoisotopic (exact) mass is 105 g/mol. The lowest BCUT2D eigenvalue weighted by Gasteiger charge is -1.96. The molecule has 0 aromatic rings. The first-order valence-corrected chi connectivity index (χ1v) is 2.14. The first kappa shape index (κ1) is 6.84. The Balaban J connectivity index is 2.45. The van der Waals surface area contributed by atoms with Gasteiger partial charge in [0.2, 0.25) is 0 Å². The fourth-order valence-corrected chi connectivity index (χ4v) is 0.212. The van der Waals surface area contributed by atoms with Crippen LogP contribution in [0.2, 0.25) is 0 Å². The van der Waals surface area contributed by atoms with Gasteiger partial charge in [-0.05, 0) is 7.05 Å². The van der Waals surface area contributed by atoms with Crippen molar-refractivity contribution in [3.63, 3.8) is 0 Å². The molecule has 0 fully saturated rings. The Morgan fingerprint density at radius 1 is 1.71 bits per heavy atom. The van der Waals surface area contributed by atoms with Crippen LogP contribution in [0.3, 0.4) is 0 Å². The van der Waals surface area contributed by atoms with E-state index in [2.05, 4.69) is 15.7 Å². The highest BCUT2D eigenvalue weighted by molar-refractivity contribution is 4.30. The summed E-state index contributed by atoms with van der Waals surface area (Å²) in [7, 11) is 1.85. The van der Waals surface area contributed by atoms with Crippen molar-refractivity contribution < 1.29 is 4.84 Å². The molecule has 0 aromatic heterocycles. The maximum Gasteiger partial charge on any atom is 0.0822 e. The first-order chi connectivity index (χ1) is 3.41. The van der Waals surface area contributed by atoms with E-state index in [1.807, 2.05) is 7.05 Å². The SMILES string of the molecule is CNCCONN. The highest BCUT2D eigenvalue weighted by Gasteiger charge is 1.76. The molecular formula is C3H11N3O. The second-order valence-electron chi connectivity index (χ2n) is 1.07. The van der Waals surface area contributed by atoms with Gasteiger partial charge in [0.15, 0.2) is 0 Å². The summed E-state index contributed by atoms with van der Waals surface area (Å²) in [6.07, 6.45) is 0. The van der Waals surface area contributed by atoms with Crippen LogP contribution in [-0.2, 0) is 4.84 Å². The van der Waals surface area contributed by atoms with E-state index in [1.165, 1.54) is 0 Å². The second kappa shape index (κ2) is 5.84. The summed E-state index contributed by atoms with van der Waals surface area (Å²) in [6, 6.07) is 0. The van der Waals surface area contributed by atoms with Crippen molar-refractivity contribution in [3.8, 4) is 0 Å². The van der Waals surface area contributed by atoms with Crippen LogP contribution in [0.1, 0.15) is 0 Å². The number of hydrazine groups is 1. The van der Waals surface area contributed by atoms with Crippen LogP contribution in [0.25, 0.3) is 0 Å². The van der Waals surface area contributed by atoms with Crippen molar-refractivity contribution in [3.05, 3.63) is 0 Å². The third-order valence-electron chi connectivity index (χ3n) is 0.537. The zero-order valence-corrected chi connectivity index (χ0v) is 4.40.